The molecule has 0 aliphatic carbocycles. The fraction of sp³-hybridized carbons (Fsp3) is 0.321. The molecule has 3 heterocycles. The summed E-state index contributed by atoms with van der Waals surface area (Å²) in [5.41, 5.74) is 2.87. The molecule has 1 fully saturated rings. The summed E-state index contributed by atoms with van der Waals surface area (Å²) in [5, 5.41) is 3.45. The Morgan fingerprint density at radius 2 is 1.81 bits per heavy atom. The third kappa shape index (κ3) is 5.53. The van der Waals surface area contributed by atoms with Crippen molar-refractivity contribution in [3.05, 3.63) is 84.2 Å². The van der Waals surface area contributed by atoms with Crippen LogP contribution in [0.4, 0.5) is 20.4 Å². The Morgan fingerprint density at radius 1 is 1.03 bits per heavy atom. The molecule has 0 atom stereocenters. The first-order chi connectivity index (χ1) is 17.4. The largest absolute Gasteiger partial charge is 0.487 e. The van der Waals surface area contributed by atoms with Crippen LogP contribution in [-0.4, -0.2) is 35.2 Å². The molecular weight excluding hydrogens is 460 g/mol. The molecule has 1 N–H and O–H groups in total. The summed E-state index contributed by atoms with van der Waals surface area (Å²) in [6, 6.07) is 15.9. The van der Waals surface area contributed by atoms with Crippen LogP contribution in [0.2, 0.25) is 0 Å². The number of benzene rings is 2. The van der Waals surface area contributed by atoms with Gasteiger partial charge < -0.3 is 15.0 Å². The van der Waals surface area contributed by atoms with Crippen LogP contribution in [-0.2, 0) is 6.54 Å². The lowest BCUT2D eigenvalue weighted by molar-refractivity contribution is -0.687. The van der Waals surface area contributed by atoms with Gasteiger partial charge in [0.25, 0.3) is 0 Å². The first-order valence-electron chi connectivity index (χ1n) is 12.3. The van der Waals surface area contributed by atoms with Crippen LogP contribution in [0.5, 0.6) is 5.75 Å². The quantitative estimate of drug-likeness (QED) is 0.365. The summed E-state index contributed by atoms with van der Waals surface area (Å²) in [6.45, 7) is 6.30. The summed E-state index contributed by atoms with van der Waals surface area (Å²) in [5.74, 6) is 0.361. The third-order valence-electron chi connectivity index (χ3n) is 6.21. The molecule has 0 bridgehead atoms. The molecular formula is C28H30F2N5O+. The predicted molar refractivity (Wildman–Crippen MR) is 136 cm³/mol. The Hall–Kier alpha value is -3.81. The minimum Gasteiger partial charge on any atom is -0.487 e. The second kappa shape index (κ2) is 10.4. The average Bonchev–Trinajstić information content (AvgIpc) is 2.86. The minimum absolute atomic E-state index is 0.0892. The number of anilines is 2. The number of ether oxygens (including phenoxy) is 1. The Kier molecular flexibility index (Phi) is 6.93. The first kappa shape index (κ1) is 23.9. The van der Waals surface area contributed by atoms with Crippen molar-refractivity contribution in [1.29, 1.82) is 0 Å². The molecule has 1 aliphatic rings. The lowest BCUT2D eigenvalue weighted by atomic mass is 10.1. The Labute approximate surface area is 209 Å². The number of aromatic nitrogens is 3. The van der Waals surface area contributed by atoms with Crippen LogP contribution in [0.3, 0.4) is 0 Å². The van der Waals surface area contributed by atoms with E-state index >= 15 is 0 Å². The van der Waals surface area contributed by atoms with Gasteiger partial charge in [0.05, 0.1) is 0 Å². The Balaban J connectivity index is 1.34. The van der Waals surface area contributed by atoms with E-state index in [2.05, 4.69) is 40.8 Å². The van der Waals surface area contributed by atoms with Crippen molar-refractivity contribution < 1.29 is 18.1 Å². The molecule has 0 saturated carbocycles. The molecule has 6 nitrogen and oxygen atoms in total. The number of halogens is 2. The van der Waals surface area contributed by atoms with Crippen LogP contribution < -0.4 is 19.5 Å². The molecule has 5 rings (SSSR count). The molecule has 1 aliphatic heterocycles. The van der Waals surface area contributed by atoms with Crippen LogP contribution in [0.15, 0.2) is 67.0 Å². The number of pyridine rings is 1. The first-order valence-corrected chi connectivity index (χ1v) is 12.3. The van der Waals surface area contributed by atoms with Crippen LogP contribution in [0, 0.1) is 11.6 Å². The van der Waals surface area contributed by atoms with Gasteiger partial charge in [0.1, 0.15) is 17.4 Å². The van der Waals surface area contributed by atoms with Crippen molar-refractivity contribution in [1.82, 2.24) is 9.97 Å². The van der Waals surface area contributed by atoms with Crippen molar-refractivity contribution in [2.45, 2.75) is 45.4 Å². The van der Waals surface area contributed by atoms with E-state index in [4.69, 9.17) is 14.7 Å². The van der Waals surface area contributed by atoms with Crippen molar-refractivity contribution >= 4 is 22.7 Å². The number of fused-ring (bicyclic) bond motifs is 1. The van der Waals surface area contributed by atoms with E-state index < -0.39 is 11.6 Å². The van der Waals surface area contributed by atoms with E-state index in [0.29, 0.717) is 25.9 Å². The van der Waals surface area contributed by atoms with Gasteiger partial charge in [-0.15, -0.1) is 0 Å². The lowest BCUT2D eigenvalue weighted by Crippen LogP contribution is -2.39. The third-order valence-corrected chi connectivity index (χ3v) is 6.21. The number of piperidine rings is 1. The maximum Gasteiger partial charge on any atom is 0.197 e. The van der Waals surface area contributed by atoms with E-state index in [-0.39, 0.29) is 17.9 Å². The predicted octanol–water partition coefficient (Wildman–Crippen LogP) is 5.11. The summed E-state index contributed by atoms with van der Waals surface area (Å²) in [4.78, 5) is 12.1. The zero-order valence-electron chi connectivity index (χ0n) is 20.5. The molecule has 0 radical (unpaired) electrons. The molecule has 2 aromatic carbocycles. The zero-order chi connectivity index (χ0) is 25.1. The van der Waals surface area contributed by atoms with Gasteiger partial charge in [-0.1, -0.05) is 30.3 Å². The van der Waals surface area contributed by atoms with Crippen molar-refractivity contribution in [2.75, 3.05) is 23.3 Å². The highest BCUT2D eigenvalue weighted by molar-refractivity contribution is 5.79. The Morgan fingerprint density at radius 3 is 2.53 bits per heavy atom. The van der Waals surface area contributed by atoms with Gasteiger partial charge in [-0.2, -0.15) is 4.57 Å². The summed E-state index contributed by atoms with van der Waals surface area (Å²) >= 11 is 0. The van der Waals surface area contributed by atoms with Crippen LogP contribution in [0.1, 0.15) is 32.3 Å². The highest BCUT2D eigenvalue weighted by atomic mass is 19.1. The van der Waals surface area contributed by atoms with Gasteiger partial charge in [0.2, 0.25) is 0 Å². The lowest BCUT2D eigenvalue weighted by Gasteiger charge is -2.34. The molecule has 0 unspecified atom stereocenters. The topological polar surface area (TPSA) is 54.2 Å². The number of hydrogen-bond donors (Lipinski definition) is 1. The number of nitrogens with zero attached hydrogens (tertiary/aromatic N) is 4. The standard InChI is InChI=1S/C28H30F2N5O/c1-19(2)31-27-28(35-14-10-22(11-15-35)36-26-9-8-21(29)16-23(26)30)33-24-12-13-34(18-25(24)32-27)17-20-6-4-3-5-7-20/h3-9,12-13,16,18-19,22H,10-11,14-15,17H2,1-2H3,(H,31,32)/q+1. The fourth-order valence-corrected chi connectivity index (χ4v) is 4.46. The van der Waals surface area contributed by atoms with Gasteiger partial charge in [0.15, 0.2) is 47.7 Å². The maximum absolute atomic E-state index is 14.0. The average molecular weight is 491 g/mol. The van der Waals surface area contributed by atoms with E-state index in [1.165, 1.54) is 17.7 Å². The van der Waals surface area contributed by atoms with Gasteiger partial charge in [-0.05, 0) is 26.0 Å². The molecule has 0 amide bonds. The number of rotatable bonds is 7. The zero-order valence-corrected chi connectivity index (χ0v) is 20.5. The fourth-order valence-electron chi connectivity index (χ4n) is 4.46. The minimum atomic E-state index is -0.675. The molecule has 0 spiro atoms. The van der Waals surface area contributed by atoms with E-state index in [0.717, 1.165) is 35.3 Å². The van der Waals surface area contributed by atoms with E-state index in [9.17, 15) is 8.78 Å². The Bertz CT molecular complexity index is 1340. The molecule has 4 aromatic rings. The van der Waals surface area contributed by atoms with Gasteiger partial charge in [-0.3, -0.25) is 0 Å². The molecule has 8 heteroatoms. The molecule has 186 valence electrons. The van der Waals surface area contributed by atoms with Crippen molar-refractivity contribution in [3.8, 4) is 5.75 Å². The molecule has 1 saturated heterocycles. The molecule has 36 heavy (non-hydrogen) atoms. The van der Waals surface area contributed by atoms with E-state index in [1.54, 1.807) is 0 Å². The van der Waals surface area contributed by atoms with Gasteiger partial charge in [-0.25, -0.2) is 18.7 Å². The summed E-state index contributed by atoms with van der Waals surface area (Å²) in [6.07, 6.45) is 5.31. The molecule has 2 aromatic heterocycles. The van der Waals surface area contributed by atoms with Gasteiger partial charge in [0, 0.05) is 49.7 Å². The summed E-state index contributed by atoms with van der Waals surface area (Å²) < 4.78 is 35.2. The maximum atomic E-state index is 14.0. The highest BCUT2D eigenvalue weighted by Gasteiger charge is 2.26. The highest BCUT2D eigenvalue weighted by Crippen LogP contribution is 2.29. The van der Waals surface area contributed by atoms with Crippen molar-refractivity contribution in [2.24, 2.45) is 0 Å². The normalized spacial score (nSPS) is 14.4. The number of hydrogen-bond acceptors (Lipinski definition) is 5. The monoisotopic (exact) mass is 490 g/mol. The second-order valence-electron chi connectivity index (χ2n) is 9.45. The van der Waals surface area contributed by atoms with E-state index in [1.807, 2.05) is 36.7 Å². The van der Waals surface area contributed by atoms with Crippen LogP contribution in [0.25, 0.3) is 11.0 Å². The van der Waals surface area contributed by atoms with Gasteiger partial charge >= 0.3 is 0 Å². The number of nitrogens with one attached hydrogen (secondary N) is 1. The smallest absolute Gasteiger partial charge is 0.197 e. The van der Waals surface area contributed by atoms with Crippen molar-refractivity contribution in [3.63, 3.8) is 0 Å². The van der Waals surface area contributed by atoms with Crippen LogP contribution >= 0.6 is 0 Å². The second-order valence-corrected chi connectivity index (χ2v) is 9.45. The summed E-state index contributed by atoms with van der Waals surface area (Å²) in [7, 11) is 0. The SMILES string of the molecule is CC(C)Nc1nc2c[n+](Cc3ccccc3)ccc2nc1N1CCC(Oc2ccc(F)cc2F)CC1.